The Morgan fingerprint density at radius 1 is 1.06 bits per heavy atom. The number of aryl methyl sites for hydroxylation is 1. The monoisotopic (exact) mass is 434 g/mol. The second-order valence-corrected chi connectivity index (χ2v) is 8.90. The Hall–Kier alpha value is -2.10. The van der Waals surface area contributed by atoms with E-state index in [4.69, 9.17) is 19.2 Å². The van der Waals surface area contributed by atoms with Gasteiger partial charge in [-0.25, -0.2) is 4.79 Å². The van der Waals surface area contributed by atoms with Crippen LogP contribution in [0.15, 0.2) is 30.3 Å². The first-order valence-electron chi connectivity index (χ1n) is 10.7. The fourth-order valence-electron chi connectivity index (χ4n) is 3.44. The van der Waals surface area contributed by atoms with E-state index in [1.165, 1.54) is 12.7 Å². The summed E-state index contributed by atoms with van der Waals surface area (Å²) in [5, 5.41) is 14.3. The highest BCUT2D eigenvalue weighted by Crippen LogP contribution is 2.38. The summed E-state index contributed by atoms with van der Waals surface area (Å²) in [5.74, 6) is -0.836. The molecule has 1 aliphatic rings. The van der Waals surface area contributed by atoms with E-state index in [9.17, 15) is 9.59 Å². The molecule has 2 atom stereocenters. The fourth-order valence-corrected chi connectivity index (χ4v) is 3.44. The molecule has 0 saturated carbocycles. The third-order valence-electron chi connectivity index (χ3n) is 5.98. The summed E-state index contributed by atoms with van der Waals surface area (Å²) in [6, 6.07) is 9.20. The first kappa shape index (κ1) is 25.2. The summed E-state index contributed by atoms with van der Waals surface area (Å²) in [4.78, 5) is 24.0. The van der Waals surface area contributed by atoms with Crippen LogP contribution in [-0.2, 0) is 25.3 Å². The Bertz CT molecular complexity index is 712. The van der Waals surface area contributed by atoms with Gasteiger partial charge in [0.1, 0.15) is 6.04 Å². The van der Waals surface area contributed by atoms with Gasteiger partial charge in [0.05, 0.1) is 17.1 Å². The Labute approximate surface area is 185 Å². The Balaban J connectivity index is 2.10. The van der Waals surface area contributed by atoms with Crippen LogP contribution >= 0.6 is 0 Å². The van der Waals surface area contributed by atoms with E-state index < -0.39 is 42.3 Å². The van der Waals surface area contributed by atoms with Crippen molar-refractivity contribution in [3.8, 4) is 0 Å². The summed E-state index contributed by atoms with van der Waals surface area (Å²) in [6.45, 7) is 8.10. The Kier molecular flexibility index (Phi) is 8.91. The highest BCUT2D eigenvalue weighted by molar-refractivity contribution is 6.48. The van der Waals surface area contributed by atoms with Crippen molar-refractivity contribution in [2.24, 2.45) is 0 Å². The minimum absolute atomic E-state index is 0.231. The number of carbonyl (C=O) groups is 2. The van der Waals surface area contributed by atoms with E-state index in [1.807, 2.05) is 45.9 Å². The highest BCUT2D eigenvalue weighted by atomic mass is 16.7. The van der Waals surface area contributed by atoms with Crippen LogP contribution in [0.2, 0.25) is 0 Å². The lowest BCUT2D eigenvalue weighted by molar-refractivity contribution is -0.124. The molecule has 0 bridgehead atoms. The number of methoxy groups -OCH3 is 1. The molecule has 1 fully saturated rings. The lowest BCUT2D eigenvalue weighted by atomic mass is 9.75. The average Bonchev–Trinajstić information content (AvgIpc) is 2.92. The normalized spacial score (nSPS) is 18.9. The van der Waals surface area contributed by atoms with Crippen molar-refractivity contribution in [2.75, 3.05) is 13.7 Å². The maximum absolute atomic E-state index is 12.9. The maximum atomic E-state index is 12.9. The molecule has 172 valence electrons. The molecular weight excluding hydrogens is 399 g/mol. The first-order valence-corrected chi connectivity index (χ1v) is 10.7. The summed E-state index contributed by atoms with van der Waals surface area (Å²) in [7, 11) is 0.879. The second kappa shape index (κ2) is 11.0. The first-order chi connectivity index (χ1) is 14.6. The Morgan fingerprint density at radius 2 is 1.68 bits per heavy atom. The number of amides is 2. The third kappa shape index (κ3) is 7.23. The summed E-state index contributed by atoms with van der Waals surface area (Å²) in [5.41, 5.74) is 0.149. The summed E-state index contributed by atoms with van der Waals surface area (Å²) >= 11 is 0. The summed E-state index contributed by atoms with van der Waals surface area (Å²) < 4.78 is 17.4. The molecule has 1 saturated heterocycles. The zero-order valence-electron chi connectivity index (χ0n) is 19.1. The van der Waals surface area contributed by atoms with Crippen molar-refractivity contribution in [2.45, 2.75) is 76.6 Å². The van der Waals surface area contributed by atoms with Crippen LogP contribution in [0.1, 0.15) is 52.5 Å². The van der Waals surface area contributed by atoms with Gasteiger partial charge in [0.2, 0.25) is 5.91 Å². The van der Waals surface area contributed by atoms with Crippen LogP contribution < -0.4 is 10.6 Å². The number of carbonyl (C=O) groups excluding carboxylic acids is 1. The van der Waals surface area contributed by atoms with E-state index in [2.05, 4.69) is 22.8 Å². The smallest absolute Gasteiger partial charge is 0.465 e. The average molecular weight is 434 g/mol. The number of benzene rings is 1. The minimum Gasteiger partial charge on any atom is -0.465 e. The van der Waals surface area contributed by atoms with Crippen LogP contribution in [0.3, 0.4) is 0 Å². The molecule has 2 amide bonds. The van der Waals surface area contributed by atoms with E-state index >= 15 is 0 Å². The molecule has 31 heavy (non-hydrogen) atoms. The van der Waals surface area contributed by atoms with Crippen LogP contribution in [0.4, 0.5) is 4.79 Å². The summed E-state index contributed by atoms with van der Waals surface area (Å²) in [6.07, 6.45) is 1.27. The quantitative estimate of drug-likeness (QED) is 0.463. The molecule has 8 nitrogen and oxygen atoms in total. The molecule has 1 heterocycles. The number of hydrogen-bond acceptors (Lipinski definition) is 5. The predicted octanol–water partition coefficient (Wildman–Crippen LogP) is 2.80. The molecule has 0 aromatic heterocycles. The maximum Gasteiger partial charge on any atom is 0.481 e. The van der Waals surface area contributed by atoms with Gasteiger partial charge in [-0.15, -0.1) is 0 Å². The van der Waals surface area contributed by atoms with Gasteiger partial charge in [0, 0.05) is 20.1 Å². The number of nitrogens with one attached hydrogen (secondary N) is 2. The van der Waals surface area contributed by atoms with E-state index in [1.54, 1.807) is 0 Å². The second-order valence-electron chi connectivity index (χ2n) is 8.90. The Morgan fingerprint density at radius 3 is 2.23 bits per heavy atom. The zero-order chi connectivity index (χ0) is 23.1. The molecule has 2 rings (SSSR count). The minimum atomic E-state index is -1.26. The van der Waals surface area contributed by atoms with Crippen LogP contribution in [0.25, 0.3) is 0 Å². The molecule has 0 spiro atoms. The molecule has 1 aromatic rings. The van der Waals surface area contributed by atoms with Crippen molar-refractivity contribution in [1.29, 1.82) is 0 Å². The van der Waals surface area contributed by atoms with Gasteiger partial charge in [0.25, 0.3) is 0 Å². The van der Waals surface area contributed by atoms with Gasteiger partial charge >= 0.3 is 13.2 Å². The molecule has 1 unspecified atom stereocenters. The van der Waals surface area contributed by atoms with Crippen molar-refractivity contribution in [1.82, 2.24) is 10.6 Å². The van der Waals surface area contributed by atoms with E-state index in [-0.39, 0.29) is 13.0 Å². The van der Waals surface area contributed by atoms with Crippen molar-refractivity contribution >= 4 is 19.1 Å². The standard InChI is InChI=1S/C22H35BN2O6/c1-21(2)22(3,4)31-23(30-21)18(13-9-12-16-10-7-6-8-11-16)25-19(26)17(14-15-29-5)24-20(27)28/h6-8,10-11,17-18,24H,9,12-15H2,1-5H3,(H,25,26)(H,27,28)/t17?,18-/m0/s1. The third-order valence-corrected chi connectivity index (χ3v) is 5.98. The van der Waals surface area contributed by atoms with E-state index in [0.29, 0.717) is 6.42 Å². The van der Waals surface area contributed by atoms with Crippen molar-refractivity contribution < 1.29 is 28.7 Å². The fraction of sp³-hybridized carbons (Fsp3) is 0.636. The number of ether oxygens (including phenoxy) is 1. The molecule has 0 radical (unpaired) electrons. The lowest BCUT2D eigenvalue weighted by Crippen LogP contribution is -2.54. The van der Waals surface area contributed by atoms with Gasteiger partial charge in [0.15, 0.2) is 0 Å². The van der Waals surface area contributed by atoms with Gasteiger partial charge in [-0.1, -0.05) is 30.3 Å². The number of hydrogen-bond donors (Lipinski definition) is 3. The van der Waals surface area contributed by atoms with Crippen molar-refractivity contribution in [3.05, 3.63) is 35.9 Å². The van der Waals surface area contributed by atoms with Gasteiger partial charge in [-0.2, -0.15) is 0 Å². The van der Waals surface area contributed by atoms with E-state index in [0.717, 1.165) is 12.8 Å². The molecule has 3 N–H and O–H groups in total. The number of rotatable bonds is 11. The molecule has 9 heteroatoms. The van der Waals surface area contributed by atoms with Crippen molar-refractivity contribution in [3.63, 3.8) is 0 Å². The van der Waals surface area contributed by atoms with Gasteiger partial charge in [-0.3, -0.25) is 4.79 Å². The van der Waals surface area contributed by atoms with Gasteiger partial charge in [-0.05, 0) is 52.5 Å². The number of carboxylic acid groups (broad SMARTS) is 1. The van der Waals surface area contributed by atoms with Crippen LogP contribution in [0.5, 0.6) is 0 Å². The topological polar surface area (TPSA) is 106 Å². The lowest BCUT2D eigenvalue weighted by Gasteiger charge is -2.32. The SMILES string of the molecule is COCCC(NC(=O)O)C(=O)N[C@@H](CCCc1ccccc1)B1OC(C)(C)C(C)(C)O1. The predicted molar refractivity (Wildman–Crippen MR) is 119 cm³/mol. The molecule has 1 aromatic carbocycles. The largest absolute Gasteiger partial charge is 0.481 e. The van der Waals surface area contributed by atoms with Crippen LogP contribution in [-0.4, -0.2) is 61.1 Å². The zero-order valence-corrected chi connectivity index (χ0v) is 19.1. The van der Waals surface area contributed by atoms with Crippen LogP contribution in [0, 0.1) is 0 Å². The highest BCUT2D eigenvalue weighted by Gasteiger charge is 2.54. The van der Waals surface area contributed by atoms with Gasteiger partial charge < -0.3 is 29.8 Å². The molecule has 0 aliphatic carbocycles. The molecular formula is C22H35BN2O6. The molecule has 1 aliphatic heterocycles.